The minimum atomic E-state index is 0.0667. The number of hydrogen-bond donors (Lipinski definition) is 1. The quantitative estimate of drug-likeness (QED) is 0.166. The number of nitrogens with two attached hydrogens (primary N) is 1. The average Bonchev–Trinajstić information content (AvgIpc) is 3.86. The van der Waals surface area contributed by atoms with Gasteiger partial charge in [-0.3, -0.25) is 0 Å². The average molecular weight is 727 g/mol. The number of allylic oxidation sites excluding steroid dienone is 8. The Kier molecular flexibility index (Phi) is 10.5. The van der Waals surface area contributed by atoms with Gasteiger partial charge in [0, 0.05) is 39.0 Å². The first-order valence-corrected chi connectivity index (χ1v) is 19.3. The number of para-hydroxylation sites is 2. The number of hydrogen-bond acceptors (Lipinski definition) is 3. The van der Waals surface area contributed by atoms with E-state index in [0.717, 1.165) is 62.8 Å². The fourth-order valence-corrected chi connectivity index (χ4v) is 7.87. The molecular weight excluding hydrogens is 681 g/mol. The van der Waals surface area contributed by atoms with E-state index in [1.165, 1.54) is 39.0 Å². The Bertz CT molecular complexity index is 2750. The number of nitrogens with zero attached hydrogens (tertiary/aromatic N) is 1. The van der Waals surface area contributed by atoms with Crippen molar-refractivity contribution in [1.82, 2.24) is 0 Å². The van der Waals surface area contributed by atoms with Crippen molar-refractivity contribution < 1.29 is 4.42 Å². The lowest BCUT2D eigenvalue weighted by Crippen LogP contribution is -2.31. The van der Waals surface area contributed by atoms with Gasteiger partial charge in [-0.1, -0.05) is 158 Å². The van der Waals surface area contributed by atoms with Gasteiger partial charge >= 0.3 is 0 Å². The standard InChI is InChI=1S/C46H37NO.C7H9N/c1-32-17-15-22-36(31-32)47(43-29-13-11-24-39(43)35-20-7-4-8-21-35)45(46-33(2)37-23-12-14-30-44(37)48-46)42-26-10-9-25-41(42)40-28-16-27-38(40)34-18-5-3-6-19-34;1-6-3-2-4-7(8)5-6/h3-7,9-20,22-31,40H,2,8,21H2,1H3;2-5H,8H2,1H3/b46-45-;. The third-order valence-corrected chi connectivity index (χ3v) is 10.5. The van der Waals surface area contributed by atoms with Crippen molar-refractivity contribution in [2.24, 2.45) is 0 Å². The molecule has 0 saturated carbocycles. The molecule has 0 saturated heterocycles. The Hall–Kier alpha value is -6.84. The van der Waals surface area contributed by atoms with Crippen molar-refractivity contribution in [3.05, 3.63) is 232 Å². The molecule has 274 valence electrons. The van der Waals surface area contributed by atoms with E-state index < -0.39 is 0 Å². The molecule has 0 bridgehead atoms. The summed E-state index contributed by atoms with van der Waals surface area (Å²) in [5.74, 6) is 0.0667. The molecule has 3 heteroatoms. The lowest BCUT2D eigenvalue weighted by atomic mass is 9.85. The van der Waals surface area contributed by atoms with Gasteiger partial charge in [-0.15, -0.1) is 0 Å². The molecule has 6 aromatic carbocycles. The van der Waals surface area contributed by atoms with Gasteiger partial charge < -0.3 is 15.1 Å². The first kappa shape index (κ1) is 36.2. The summed E-state index contributed by atoms with van der Waals surface area (Å²) in [4.78, 5) is 2.41. The van der Waals surface area contributed by atoms with Crippen LogP contribution in [0.3, 0.4) is 0 Å². The van der Waals surface area contributed by atoms with Gasteiger partial charge in [0.25, 0.3) is 0 Å². The summed E-state index contributed by atoms with van der Waals surface area (Å²) in [6, 6.07) is 53.1. The highest BCUT2D eigenvalue weighted by Crippen LogP contribution is 2.44. The van der Waals surface area contributed by atoms with Gasteiger partial charge in [0.05, 0.1) is 11.4 Å². The second-order valence-corrected chi connectivity index (χ2v) is 14.5. The zero-order valence-electron chi connectivity index (χ0n) is 32.0. The molecule has 1 unspecified atom stereocenters. The molecule has 56 heavy (non-hydrogen) atoms. The second kappa shape index (κ2) is 16.3. The Morgan fingerprint density at radius 2 is 1.45 bits per heavy atom. The summed E-state index contributed by atoms with van der Waals surface area (Å²) >= 11 is 0. The fourth-order valence-electron chi connectivity index (χ4n) is 7.87. The topological polar surface area (TPSA) is 42.4 Å². The number of furan rings is 1. The molecule has 0 amide bonds. The summed E-state index contributed by atoms with van der Waals surface area (Å²) in [6.07, 6.45) is 15.5. The fraction of sp³-hybridized carbons (Fsp3) is 0.0943. The molecular formula is C53H46N2O. The van der Waals surface area contributed by atoms with Crippen molar-refractivity contribution in [2.45, 2.75) is 32.6 Å². The van der Waals surface area contributed by atoms with Crippen LogP contribution in [0.5, 0.6) is 0 Å². The number of nitrogen functional groups attached to an aromatic ring is 1. The van der Waals surface area contributed by atoms with Crippen LogP contribution >= 0.6 is 0 Å². The van der Waals surface area contributed by atoms with Crippen LogP contribution in [0, 0.1) is 13.8 Å². The number of anilines is 3. The molecule has 7 aromatic rings. The van der Waals surface area contributed by atoms with E-state index in [-0.39, 0.29) is 5.92 Å². The Morgan fingerprint density at radius 3 is 2.20 bits per heavy atom. The van der Waals surface area contributed by atoms with Gasteiger partial charge in [0.2, 0.25) is 0 Å². The van der Waals surface area contributed by atoms with Gasteiger partial charge in [-0.2, -0.15) is 0 Å². The summed E-state index contributed by atoms with van der Waals surface area (Å²) in [6.45, 7) is 8.84. The van der Waals surface area contributed by atoms with E-state index in [1.54, 1.807) is 0 Å². The number of rotatable bonds is 7. The molecule has 0 spiro atoms. The summed E-state index contributed by atoms with van der Waals surface area (Å²) < 4.78 is 6.88. The van der Waals surface area contributed by atoms with E-state index in [2.05, 4.69) is 170 Å². The van der Waals surface area contributed by atoms with Crippen molar-refractivity contribution >= 4 is 51.5 Å². The van der Waals surface area contributed by atoms with Crippen LogP contribution in [0.15, 0.2) is 193 Å². The summed E-state index contributed by atoms with van der Waals surface area (Å²) in [5, 5.41) is 1.90. The molecule has 0 radical (unpaired) electrons. The smallest absolute Gasteiger partial charge is 0.159 e. The van der Waals surface area contributed by atoms with Crippen molar-refractivity contribution in [2.75, 3.05) is 10.6 Å². The highest BCUT2D eigenvalue weighted by Gasteiger charge is 2.29. The molecule has 1 aromatic heterocycles. The molecule has 0 fully saturated rings. The lowest BCUT2D eigenvalue weighted by Gasteiger charge is -2.32. The zero-order valence-corrected chi connectivity index (χ0v) is 32.0. The molecule has 1 heterocycles. The Morgan fingerprint density at radius 1 is 0.714 bits per heavy atom. The number of fused-ring (bicyclic) bond motifs is 1. The summed E-state index contributed by atoms with van der Waals surface area (Å²) in [7, 11) is 0. The normalized spacial score (nSPS) is 15.1. The van der Waals surface area contributed by atoms with Crippen LogP contribution in [0.4, 0.5) is 17.1 Å². The largest absolute Gasteiger partial charge is 0.454 e. The molecule has 2 aliphatic carbocycles. The van der Waals surface area contributed by atoms with Crippen LogP contribution < -0.4 is 21.3 Å². The third kappa shape index (κ3) is 7.45. The Balaban J connectivity index is 0.000000493. The second-order valence-electron chi connectivity index (χ2n) is 14.5. The SMILES string of the molecule is C=c1/c(=C(\c2ccccc2C2C=CC=C2c2ccccc2)N(c2cccc(C)c2)c2ccccc2C2=CC=CCC2)oc2ccccc12.Cc1cccc(N)c1. The maximum Gasteiger partial charge on any atom is 0.159 e. The highest BCUT2D eigenvalue weighted by molar-refractivity contribution is 5.95. The third-order valence-electron chi connectivity index (χ3n) is 10.5. The predicted molar refractivity (Wildman–Crippen MR) is 238 cm³/mol. The van der Waals surface area contributed by atoms with E-state index >= 15 is 0 Å². The molecule has 2 aliphatic rings. The van der Waals surface area contributed by atoms with E-state index in [0.29, 0.717) is 0 Å². The van der Waals surface area contributed by atoms with Gasteiger partial charge in [0.1, 0.15) is 5.58 Å². The molecule has 9 rings (SSSR count). The minimum absolute atomic E-state index is 0.0667. The molecule has 3 nitrogen and oxygen atoms in total. The van der Waals surface area contributed by atoms with Crippen LogP contribution in [0.1, 0.15) is 52.1 Å². The zero-order chi connectivity index (χ0) is 38.4. The number of benzene rings is 6. The van der Waals surface area contributed by atoms with E-state index in [9.17, 15) is 0 Å². The summed E-state index contributed by atoms with van der Waals surface area (Å²) in [5.41, 5.74) is 20.8. The Labute approximate surface area is 330 Å². The number of aryl methyl sites for hydroxylation is 2. The van der Waals surface area contributed by atoms with Crippen molar-refractivity contribution in [3.8, 4) is 0 Å². The van der Waals surface area contributed by atoms with Gasteiger partial charge in [-0.05, 0) is 96.5 Å². The first-order valence-electron chi connectivity index (χ1n) is 19.3. The lowest BCUT2D eigenvalue weighted by molar-refractivity contribution is 0.571. The first-order chi connectivity index (χ1) is 27.5. The maximum absolute atomic E-state index is 6.88. The molecule has 0 aliphatic heterocycles. The van der Waals surface area contributed by atoms with Crippen LogP contribution in [0.2, 0.25) is 0 Å². The van der Waals surface area contributed by atoms with Crippen molar-refractivity contribution in [1.29, 1.82) is 0 Å². The van der Waals surface area contributed by atoms with Crippen molar-refractivity contribution in [3.63, 3.8) is 0 Å². The van der Waals surface area contributed by atoms with Gasteiger partial charge in [0.15, 0.2) is 5.42 Å². The van der Waals surface area contributed by atoms with Crippen LogP contribution in [-0.2, 0) is 0 Å². The van der Waals surface area contributed by atoms with Crippen LogP contribution in [-0.4, -0.2) is 0 Å². The molecule has 2 N–H and O–H groups in total. The van der Waals surface area contributed by atoms with E-state index in [4.69, 9.17) is 10.2 Å². The monoisotopic (exact) mass is 726 g/mol. The highest BCUT2D eigenvalue weighted by atomic mass is 16.3. The van der Waals surface area contributed by atoms with Crippen LogP contribution in [0.25, 0.3) is 34.4 Å². The molecule has 1 atom stereocenters. The predicted octanol–water partition coefficient (Wildman–Crippen LogP) is 12.2. The minimum Gasteiger partial charge on any atom is -0.454 e. The van der Waals surface area contributed by atoms with E-state index in [1.807, 2.05) is 43.3 Å². The van der Waals surface area contributed by atoms with Gasteiger partial charge in [-0.25, -0.2) is 0 Å². The maximum atomic E-state index is 6.88.